The van der Waals surface area contributed by atoms with Gasteiger partial charge in [-0.05, 0) is 49.7 Å². The Balaban J connectivity index is 1.85. The van der Waals surface area contributed by atoms with Gasteiger partial charge in [0.05, 0.1) is 17.4 Å². The van der Waals surface area contributed by atoms with Crippen LogP contribution in [-0.4, -0.2) is 31.1 Å². The normalized spacial score (nSPS) is 23.0. The predicted octanol–water partition coefficient (Wildman–Crippen LogP) is 4.98. The lowest BCUT2D eigenvalue weighted by atomic mass is 9.69. The molecule has 0 aromatic heterocycles. The number of carbonyl (C=O) groups excluding carboxylic acids is 1. The zero-order valence-corrected chi connectivity index (χ0v) is 17.6. The van der Waals surface area contributed by atoms with Crippen LogP contribution in [0, 0.1) is 11.3 Å². The predicted molar refractivity (Wildman–Crippen MR) is 106 cm³/mol. The van der Waals surface area contributed by atoms with Crippen LogP contribution >= 0.6 is 23.2 Å². The van der Waals surface area contributed by atoms with Gasteiger partial charge in [0, 0.05) is 11.0 Å². The molecule has 27 heavy (non-hydrogen) atoms. The van der Waals surface area contributed by atoms with Crippen molar-refractivity contribution in [1.82, 2.24) is 0 Å². The molecule has 1 fully saturated rings. The van der Waals surface area contributed by atoms with Gasteiger partial charge >= 0.3 is 0 Å². The number of hydrogen-bond acceptors (Lipinski definition) is 4. The van der Waals surface area contributed by atoms with Gasteiger partial charge in [-0.2, -0.15) is 8.42 Å². The summed E-state index contributed by atoms with van der Waals surface area (Å²) in [6, 6.07) is 1.77. The number of hydrogen-bond donors (Lipinski definition) is 1. The standard InChI is InChI=1S/C19H24Cl2O5S/c1-2-19(13-6-3-4-7-13)11-12-10-14(26-8-5-9-27(23,24)25)16(20)17(21)15(12)18(19)22/h10,13H,2-9,11H2,1H3,(H,23,24,25). The molecule has 2 aliphatic carbocycles. The lowest BCUT2D eigenvalue weighted by Crippen LogP contribution is -2.34. The first kappa shape index (κ1) is 20.9. The van der Waals surface area contributed by atoms with E-state index in [1.165, 1.54) is 0 Å². The number of carbonyl (C=O) groups is 1. The molecule has 0 saturated heterocycles. The van der Waals surface area contributed by atoms with Crippen LogP contribution in [0.15, 0.2) is 6.07 Å². The van der Waals surface area contributed by atoms with Crippen LogP contribution in [0.5, 0.6) is 5.75 Å². The fourth-order valence-corrected chi connectivity index (χ4v) is 5.60. The average molecular weight is 435 g/mol. The highest BCUT2D eigenvalue weighted by molar-refractivity contribution is 7.85. The number of ether oxygens (including phenoxy) is 1. The zero-order valence-electron chi connectivity index (χ0n) is 15.3. The number of fused-ring (bicyclic) bond motifs is 1. The second kappa shape index (κ2) is 7.90. The summed E-state index contributed by atoms with van der Waals surface area (Å²) in [7, 11) is -4.03. The Bertz CT molecular complexity index is 846. The van der Waals surface area contributed by atoms with Gasteiger partial charge in [0.25, 0.3) is 10.1 Å². The Morgan fingerprint density at radius 2 is 1.93 bits per heavy atom. The molecule has 1 unspecified atom stereocenters. The quantitative estimate of drug-likeness (QED) is 0.483. The third kappa shape index (κ3) is 4.00. The maximum Gasteiger partial charge on any atom is 0.264 e. The monoisotopic (exact) mass is 434 g/mol. The summed E-state index contributed by atoms with van der Waals surface area (Å²) in [5.41, 5.74) is 0.962. The van der Waals surface area contributed by atoms with Crippen LogP contribution in [0.2, 0.25) is 10.0 Å². The van der Waals surface area contributed by atoms with Crippen molar-refractivity contribution in [3.05, 3.63) is 27.2 Å². The van der Waals surface area contributed by atoms with Gasteiger partial charge in [-0.15, -0.1) is 0 Å². The lowest BCUT2D eigenvalue weighted by Gasteiger charge is -2.32. The fourth-order valence-electron chi connectivity index (χ4n) is 4.62. The Morgan fingerprint density at radius 1 is 1.26 bits per heavy atom. The van der Waals surface area contributed by atoms with Crippen LogP contribution < -0.4 is 4.74 Å². The Hall–Kier alpha value is -0.820. The van der Waals surface area contributed by atoms with E-state index in [9.17, 15) is 13.2 Å². The lowest BCUT2D eigenvalue weighted by molar-refractivity contribution is 0.0691. The first-order valence-corrected chi connectivity index (χ1v) is 11.7. The molecule has 1 aromatic rings. The van der Waals surface area contributed by atoms with Crippen molar-refractivity contribution >= 4 is 39.1 Å². The van der Waals surface area contributed by atoms with Gasteiger partial charge in [-0.25, -0.2) is 0 Å². The van der Waals surface area contributed by atoms with E-state index in [0.717, 1.165) is 37.7 Å². The molecule has 1 aromatic carbocycles. The number of halogens is 2. The average Bonchev–Trinajstić information content (AvgIpc) is 3.22. The summed E-state index contributed by atoms with van der Waals surface area (Å²) in [5, 5.41) is 0.395. The Labute approximate surface area is 170 Å². The molecule has 3 rings (SSSR count). The summed E-state index contributed by atoms with van der Waals surface area (Å²) in [6.07, 6.45) is 5.99. The van der Waals surface area contributed by atoms with E-state index in [0.29, 0.717) is 23.7 Å². The molecule has 1 atom stereocenters. The summed E-state index contributed by atoms with van der Waals surface area (Å²) < 4.78 is 36.0. The second-order valence-corrected chi connectivity index (χ2v) is 9.85. The molecule has 0 spiro atoms. The van der Waals surface area contributed by atoms with Crippen LogP contribution in [0.25, 0.3) is 0 Å². The third-order valence-corrected chi connectivity index (χ3v) is 7.67. The van der Waals surface area contributed by atoms with Crippen LogP contribution in [0.4, 0.5) is 0 Å². The molecule has 0 heterocycles. The molecule has 0 bridgehead atoms. The van der Waals surface area contributed by atoms with E-state index in [-0.39, 0.29) is 34.6 Å². The van der Waals surface area contributed by atoms with E-state index < -0.39 is 15.5 Å². The SMILES string of the molecule is CCC1(C2CCCC2)Cc2cc(OCCCS(=O)(=O)O)c(Cl)c(Cl)c2C1=O. The van der Waals surface area contributed by atoms with Gasteiger partial charge < -0.3 is 4.74 Å². The van der Waals surface area contributed by atoms with Crippen molar-refractivity contribution in [2.24, 2.45) is 11.3 Å². The first-order chi connectivity index (χ1) is 12.7. The van der Waals surface area contributed by atoms with Crippen molar-refractivity contribution < 1.29 is 22.5 Å². The minimum Gasteiger partial charge on any atom is -0.492 e. The molecule has 150 valence electrons. The largest absolute Gasteiger partial charge is 0.492 e. The van der Waals surface area contributed by atoms with Crippen molar-refractivity contribution in [1.29, 1.82) is 0 Å². The molecule has 8 heteroatoms. The van der Waals surface area contributed by atoms with Crippen molar-refractivity contribution in [2.75, 3.05) is 12.4 Å². The van der Waals surface area contributed by atoms with E-state index in [2.05, 4.69) is 6.92 Å². The highest BCUT2D eigenvalue weighted by atomic mass is 35.5. The van der Waals surface area contributed by atoms with Gasteiger partial charge in [-0.1, -0.05) is 43.0 Å². The minimum absolute atomic E-state index is 0.0735. The summed E-state index contributed by atoms with van der Waals surface area (Å²) in [6.45, 7) is 2.13. The minimum atomic E-state index is -4.03. The van der Waals surface area contributed by atoms with Gasteiger partial charge in [0.2, 0.25) is 0 Å². The highest BCUT2D eigenvalue weighted by Crippen LogP contribution is 2.54. The molecule has 0 aliphatic heterocycles. The Morgan fingerprint density at radius 3 is 2.52 bits per heavy atom. The number of benzene rings is 1. The third-order valence-electron chi connectivity index (χ3n) is 6.01. The maximum absolute atomic E-state index is 13.3. The maximum atomic E-state index is 13.3. The van der Waals surface area contributed by atoms with Gasteiger partial charge in [0.1, 0.15) is 10.8 Å². The molecular weight excluding hydrogens is 411 g/mol. The molecule has 1 N–H and O–H groups in total. The zero-order chi connectivity index (χ0) is 19.8. The van der Waals surface area contributed by atoms with Gasteiger partial charge in [-0.3, -0.25) is 9.35 Å². The molecular formula is C19H24Cl2O5S. The molecule has 0 amide bonds. The summed E-state index contributed by atoms with van der Waals surface area (Å²) in [5.74, 6) is 0.428. The van der Waals surface area contributed by atoms with Crippen molar-refractivity contribution in [3.63, 3.8) is 0 Å². The Kier molecular flexibility index (Phi) is 6.11. The smallest absolute Gasteiger partial charge is 0.264 e. The molecule has 5 nitrogen and oxygen atoms in total. The molecule has 1 saturated carbocycles. The van der Waals surface area contributed by atoms with E-state index in [1.54, 1.807) is 6.07 Å². The van der Waals surface area contributed by atoms with E-state index in [4.69, 9.17) is 32.5 Å². The number of rotatable bonds is 7. The van der Waals surface area contributed by atoms with Crippen molar-refractivity contribution in [3.8, 4) is 5.75 Å². The fraction of sp³-hybridized carbons (Fsp3) is 0.632. The highest BCUT2D eigenvalue weighted by Gasteiger charge is 2.51. The summed E-state index contributed by atoms with van der Waals surface area (Å²) in [4.78, 5) is 13.3. The van der Waals surface area contributed by atoms with E-state index >= 15 is 0 Å². The number of Topliss-reactive ketones (excluding diaryl/α,β-unsaturated/α-hetero) is 1. The van der Waals surface area contributed by atoms with Crippen molar-refractivity contribution in [2.45, 2.75) is 51.9 Å². The molecule has 0 radical (unpaired) electrons. The van der Waals surface area contributed by atoms with Gasteiger partial charge in [0.15, 0.2) is 5.78 Å². The number of ketones is 1. The second-order valence-electron chi connectivity index (χ2n) is 7.52. The van der Waals surface area contributed by atoms with Crippen LogP contribution in [0.3, 0.4) is 0 Å². The van der Waals surface area contributed by atoms with Crippen LogP contribution in [-0.2, 0) is 16.5 Å². The van der Waals surface area contributed by atoms with E-state index in [1.807, 2.05) is 0 Å². The molecule has 2 aliphatic rings. The summed E-state index contributed by atoms with van der Waals surface area (Å²) >= 11 is 12.8. The van der Waals surface area contributed by atoms with Crippen LogP contribution in [0.1, 0.15) is 61.4 Å². The topological polar surface area (TPSA) is 80.7 Å². The first-order valence-electron chi connectivity index (χ1n) is 9.33.